The number of anilines is 1. The fraction of sp³-hybridized carbons (Fsp3) is 0.444. The molecule has 1 aromatic heterocycles. The number of benzene rings is 1. The summed E-state index contributed by atoms with van der Waals surface area (Å²) < 4.78 is 46.0. The number of ether oxygens (including phenoxy) is 1. The minimum atomic E-state index is -4.52. The molecule has 0 radical (unpaired) electrons. The fourth-order valence-electron chi connectivity index (χ4n) is 3.00. The van der Waals surface area contributed by atoms with Gasteiger partial charge in [-0.3, -0.25) is 9.36 Å². The van der Waals surface area contributed by atoms with Gasteiger partial charge in [0.05, 0.1) is 5.56 Å². The Bertz CT molecular complexity index is 866. The Kier molecular flexibility index (Phi) is 5.41. The molecule has 27 heavy (non-hydrogen) atoms. The van der Waals surface area contributed by atoms with Gasteiger partial charge in [0.15, 0.2) is 5.82 Å². The van der Waals surface area contributed by atoms with Crippen molar-refractivity contribution in [2.45, 2.75) is 25.7 Å². The number of hydrogen-bond acceptors (Lipinski definition) is 5. The summed E-state index contributed by atoms with van der Waals surface area (Å²) in [5, 5.41) is 3.26. The number of nitrogens with zero attached hydrogens (tertiary/aromatic N) is 3. The third kappa shape index (κ3) is 4.24. The first kappa shape index (κ1) is 19.2. The molecule has 2 heterocycles. The van der Waals surface area contributed by atoms with E-state index >= 15 is 0 Å². The summed E-state index contributed by atoms with van der Waals surface area (Å²) >= 11 is 0. The molecule has 146 valence electrons. The number of rotatable bonds is 4. The number of hydrogen-bond donors (Lipinski definition) is 1. The quantitative estimate of drug-likeness (QED) is 0.878. The summed E-state index contributed by atoms with van der Waals surface area (Å²) in [7, 11) is 1.52. The van der Waals surface area contributed by atoms with E-state index in [9.17, 15) is 18.0 Å². The van der Waals surface area contributed by atoms with Crippen molar-refractivity contribution in [1.29, 1.82) is 0 Å². The molecule has 1 aromatic carbocycles. The molecule has 0 unspecified atom stereocenters. The molecule has 0 bridgehead atoms. The Balaban J connectivity index is 1.87. The summed E-state index contributed by atoms with van der Waals surface area (Å²) in [5.74, 6) is 0.482. The highest BCUT2D eigenvalue weighted by Gasteiger charge is 2.34. The number of alkyl halides is 3. The Morgan fingerprint density at radius 1 is 1.33 bits per heavy atom. The van der Waals surface area contributed by atoms with Crippen LogP contribution in [0.1, 0.15) is 18.3 Å². The molecular weight excluding hydrogens is 361 g/mol. The van der Waals surface area contributed by atoms with Crippen molar-refractivity contribution in [2.75, 3.05) is 24.5 Å². The molecule has 1 aliphatic rings. The first-order valence-electron chi connectivity index (χ1n) is 8.60. The van der Waals surface area contributed by atoms with Gasteiger partial charge in [-0.05, 0) is 19.1 Å². The lowest BCUT2D eigenvalue weighted by molar-refractivity contribution is -0.139. The first-order valence-corrected chi connectivity index (χ1v) is 8.60. The van der Waals surface area contributed by atoms with Gasteiger partial charge >= 0.3 is 6.18 Å². The summed E-state index contributed by atoms with van der Waals surface area (Å²) in [6.45, 7) is 4.00. The van der Waals surface area contributed by atoms with E-state index in [0.29, 0.717) is 12.4 Å². The predicted octanol–water partition coefficient (Wildman–Crippen LogP) is 2.18. The summed E-state index contributed by atoms with van der Waals surface area (Å²) in [5.41, 5.74) is -1.14. The van der Waals surface area contributed by atoms with E-state index in [1.807, 2.05) is 11.8 Å². The van der Waals surface area contributed by atoms with Crippen LogP contribution in [0.3, 0.4) is 0 Å². The third-order valence-corrected chi connectivity index (χ3v) is 4.56. The maximum atomic E-state index is 13.1. The lowest BCUT2D eigenvalue weighted by Gasteiger charge is -2.35. The number of aromatic nitrogens is 2. The molecule has 1 saturated heterocycles. The molecule has 1 fully saturated rings. The molecule has 9 heteroatoms. The van der Waals surface area contributed by atoms with Gasteiger partial charge in [0.1, 0.15) is 18.2 Å². The average Bonchev–Trinajstić information content (AvgIpc) is 2.63. The van der Waals surface area contributed by atoms with Gasteiger partial charge in [0.25, 0.3) is 5.56 Å². The van der Waals surface area contributed by atoms with Crippen molar-refractivity contribution in [3.63, 3.8) is 0 Å². The van der Waals surface area contributed by atoms with Gasteiger partial charge in [0, 0.05) is 38.8 Å². The summed E-state index contributed by atoms with van der Waals surface area (Å²) in [4.78, 5) is 18.8. The van der Waals surface area contributed by atoms with Crippen LogP contribution >= 0.6 is 0 Å². The molecule has 1 atom stereocenters. The van der Waals surface area contributed by atoms with E-state index in [2.05, 4.69) is 10.3 Å². The van der Waals surface area contributed by atoms with Crippen LogP contribution in [0.25, 0.3) is 0 Å². The van der Waals surface area contributed by atoms with Crippen molar-refractivity contribution in [1.82, 2.24) is 14.9 Å². The molecule has 0 aliphatic carbocycles. The smallest absolute Gasteiger partial charge is 0.419 e. The van der Waals surface area contributed by atoms with Crippen LogP contribution in [-0.2, 0) is 19.8 Å². The molecule has 0 saturated carbocycles. The van der Waals surface area contributed by atoms with Gasteiger partial charge in [-0.2, -0.15) is 13.2 Å². The summed E-state index contributed by atoms with van der Waals surface area (Å²) in [6, 6.07) is 6.57. The Morgan fingerprint density at radius 2 is 2.07 bits per heavy atom. The van der Waals surface area contributed by atoms with Gasteiger partial charge in [0.2, 0.25) is 0 Å². The molecule has 6 nitrogen and oxygen atoms in total. The van der Waals surface area contributed by atoms with Gasteiger partial charge < -0.3 is 15.0 Å². The maximum Gasteiger partial charge on any atom is 0.419 e. The van der Waals surface area contributed by atoms with Crippen LogP contribution in [0.5, 0.6) is 5.75 Å². The second-order valence-electron chi connectivity index (χ2n) is 6.46. The zero-order valence-corrected chi connectivity index (χ0v) is 15.1. The monoisotopic (exact) mass is 382 g/mol. The average molecular weight is 382 g/mol. The van der Waals surface area contributed by atoms with Crippen LogP contribution in [-0.4, -0.2) is 35.2 Å². The van der Waals surface area contributed by atoms with E-state index in [1.54, 1.807) is 0 Å². The second kappa shape index (κ2) is 7.59. The molecule has 0 spiro atoms. The molecule has 3 rings (SSSR count). The van der Waals surface area contributed by atoms with Crippen LogP contribution in [0.2, 0.25) is 0 Å². The van der Waals surface area contributed by atoms with E-state index in [-0.39, 0.29) is 29.8 Å². The number of para-hydroxylation sites is 1. The number of halogens is 3. The fourth-order valence-corrected chi connectivity index (χ4v) is 3.00. The first-order chi connectivity index (χ1) is 12.8. The van der Waals surface area contributed by atoms with Crippen molar-refractivity contribution < 1.29 is 17.9 Å². The van der Waals surface area contributed by atoms with Crippen LogP contribution in [0, 0.1) is 0 Å². The lowest BCUT2D eigenvalue weighted by atomic mass is 10.2. The van der Waals surface area contributed by atoms with Crippen molar-refractivity contribution in [2.24, 2.45) is 7.05 Å². The van der Waals surface area contributed by atoms with E-state index in [0.717, 1.165) is 19.2 Å². The van der Waals surface area contributed by atoms with E-state index < -0.39 is 11.7 Å². The SMILES string of the molecule is C[C@@H]1CNCCN1c1cc(=O)n(C)c(COc2ccccc2C(F)(F)F)n1. The molecule has 2 aromatic rings. The largest absolute Gasteiger partial charge is 0.485 e. The zero-order valence-electron chi connectivity index (χ0n) is 15.1. The molecule has 1 N–H and O–H groups in total. The number of nitrogens with one attached hydrogen (secondary N) is 1. The van der Waals surface area contributed by atoms with Gasteiger partial charge in [-0.15, -0.1) is 0 Å². The van der Waals surface area contributed by atoms with Crippen LogP contribution in [0.4, 0.5) is 19.0 Å². The Labute approximate surface area is 154 Å². The zero-order chi connectivity index (χ0) is 19.6. The summed E-state index contributed by atoms with van der Waals surface area (Å²) in [6.07, 6.45) is -4.52. The van der Waals surface area contributed by atoms with Crippen molar-refractivity contribution >= 4 is 5.82 Å². The normalized spacial score (nSPS) is 17.8. The predicted molar refractivity (Wildman–Crippen MR) is 94.9 cm³/mol. The van der Waals surface area contributed by atoms with Gasteiger partial charge in [-0.1, -0.05) is 12.1 Å². The Hall–Kier alpha value is -2.55. The highest BCUT2D eigenvalue weighted by molar-refractivity contribution is 5.40. The minimum Gasteiger partial charge on any atom is -0.485 e. The van der Waals surface area contributed by atoms with Crippen LogP contribution < -0.4 is 20.5 Å². The van der Waals surface area contributed by atoms with E-state index in [4.69, 9.17) is 4.74 Å². The molecular formula is C18H21F3N4O2. The maximum absolute atomic E-state index is 13.1. The van der Waals surface area contributed by atoms with Crippen molar-refractivity contribution in [3.8, 4) is 5.75 Å². The molecule has 1 aliphatic heterocycles. The van der Waals surface area contributed by atoms with Crippen molar-refractivity contribution in [3.05, 3.63) is 52.1 Å². The second-order valence-corrected chi connectivity index (χ2v) is 6.46. The highest BCUT2D eigenvalue weighted by Crippen LogP contribution is 2.36. The third-order valence-electron chi connectivity index (χ3n) is 4.56. The number of piperazine rings is 1. The lowest BCUT2D eigenvalue weighted by Crippen LogP contribution is -2.50. The molecule has 0 amide bonds. The minimum absolute atomic E-state index is 0.151. The topological polar surface area (TPSA) is 59.4 Å². The standard InChI is InChI=1S/C18H21F3N4O2/c1-12-10-22-7-8-25(12)15-9-17(26)24(2)16(23-15)11-27-14-6-4-3-5-13(14)18(19,20)21/h3-6,9,12,22H,7-8,10-11H2,1-2H3/t12-/m1/s1. The van der Waals surface area contributed by atoms with Gasteiger partial charge in [-0.25, -0.2) is 4.98 Å². The Morgan fingerprint density at radius 3 is 2.78 bits per heavy atom. The van der Waals surface area contributed by atoms with E-state index in [1.165, 1.54) is 35.9 Å². The van der Waals surface area contributed by atoms with Crippen LogP contribution in [0.15, 0.2) is 35.1 Å². The highest BCUT2D eigenvalue weighted by atomic mass is 19.4.